The molecule has 0 atom stereocenters. The molecule has 1 aliphatic rings. The van der Waals surface area contributed by atoms with Crippen LogP contribution < -0.4 is 10.2 Å². The zero-order valence-electron chi connectivity index (χ0n) is 14.0. The van der Waals surface area contributed by atoms with Gasteiger partial charge in [-0.25, -0.2) is 14.4 Å². The molecule has 3 rings (SSSR count). The van der Waals surface area contributed by atoms with Gasteiger partial charge in [0.05, 0.1) is 11.0 Å². The van der Waals surface area contributed by atoms with Crippen LogP contribution in [0.1, 0.15) is 25.5 Å². The zero-order chi connectivity index (χ0) is 17.8. The lowest BCUT2D eigenvalue weighted by molar-refractivity contribution is -0.384. The largest absolute Gasteiger partial charge is 0.377 e. The minimum atomic E-state index is -0.609. The van der Waals surface area contributed by atoms with E-state index in [1.165, 1.54) is 12.1 Å². The van der Waals surface area contributed by atoms with Crippen LogP contribution in [0, 0.1) is 15.9 Å². The second-order valence-corrected chi connectivity index (χ2v) is 6.05. The van der Waals surface area contributed by atoms with Gasteiger partial charge in [-0.05, 0) is 31.4 Å². The Labute approximate surface area is 145 Å². The van der Waals surface area contributed by atoms with E-state index in [0.717, 1.165) is 49.9 Å². The van der Waals surface area contributed by atoms with E-state index >= 15 is 0 Å². The molecule has 25 heavy (non-hydrogen) atoms. The van der Waals surface area contributed by atoms with Crippen LogP contribution in [0.4, 0.5) is 21.6 Å². The Hall–Kier alpha value is -2.77. The Kier molecular flexibility index (Phi) is 5.06. The van der Waals surface area contributed by atoms with Crippen LogP contribution in [-0.2, 0) is 6.42 Å². The second kappa shape index (κ2) is 7.42. The Bertz CT molecular complexity index is 762. The van der Waals surface area contributed by atoms with Crippen molar-refractivity contribution in [3.05, 3.63) is 52.2 Å². The molecule has 0 amide bonds. The summed E-state index contributed by atoms with van der Waals surface area (Å²) in [4.78, 5) is 21.3. The van der Waals surface area contributed by atoms with E-state index in [2.05, 4.69) is 27.1 Å². The Morgan fingerprint density at radius 3 is 2.76 bits per heavy atom. The first-order chi connectivity index (χ1) is 12.1. The fourth-order valence-corrected chi connectivity index (χ4v) is 3.00. The highest BCUT2D eigenvalue weighted by Crippen LogP contribution is 2.28. The number of nitro benzene ring substituents is 1. The van der Waals surface area contributed by atoms with E-state index < -0.39 is 10.7 Å². The lowest BCUT2D eigenvalue weighted by Crippen LogP contribution is -2.39. The van der Waals surface area contributed by atoms with E-state index in [9.17, 15) is 14.5 Å². The van der Waals surface area contributed by atoms with Crippen molar-refractivity contribution < 1.29 is 9.31 Å². The fourth-order valence-electron chi connectivity index (χ4n) is 3.00. The average molecular weight is 345 g/mol. The zero-order valence-corrected chi connectivity index (χ0v) is 14.0. The van der Waals surface area contributed by atoms with Crippen molar-refractivity contribution in [2.45, 2.75) is 32.2 Å². The molecule has 0 unspecified atom stereocenters. The fraction of sp³-hybridized carbons (Fsp3) is 0.412. The van der Waals surface area contributed by atoms with Crippen molar-refractivity contribution in [3.63, 3.8) is 0 Å². The van der Waals surface area contributed by atoms with Crippen molar-refractivity contribution in [2.75, 3.05) is 23.3 Å². The van der Waals surface area contributed by atoms with Crippen LogP contribution in [0.25, 0.3) is 0 Å². The maximum atomic E-state index is 13.2. The summed E-state index contributed by atoms with van der Waals surface area (Å²) in [6, 6.07) is 5.71. The van der Waals surface area contributed by atoms with Crippen molar-refractivity contribution in [1.82, 2.24) is 9.97 Å². The molecule has 0 bridgehead atoms. The lowest BCUT2D eigenvalue weighted by Gasteiger charge is -2.33. The molecule has 7 nitrogen and oxygen atoms in total. The van der Waals surface area contributed by atoms with Crippen molar-refractivity contribution >= 4 is 17.2 Å². The summed E-state index contributed by atoms with van der Waals surface area (Å²) in [6.07, 6.45) is 4.09. The summed E-state index contributed by atoms with van der Waals surface area (Å²) in [7, 11) is 0. The Morgan fingerprint density at radius 1 is 1.32 bits per heavy atom. The van der Waals surface area contributed by atoms with E-state index in [0.29, 0.717) is 5.69 Å². The maximum Gasteiger partial charge on any atom is 0.295 e. The van der Waals surface area contributed by atoms with Crippen LogP contribution in [0.15, 0.2) is 30.6 Å². The molecule has 0 aliphatic carbocycles. The number of benzene rings is 1. The van der Waals surface area contributed by atoms with Gasteiger partial charge >= 0.3 is 0 Å². The highest BCUT2D eigenvalue weighted by molar-refractivity contribution is 5.62. The molecule has 0 saturated carbocycles. The van der Waals surface area contributed by atoms with E-state index in [4.69, 9.17) is 0 Å². The van der Waals surface area contributed by atoms with E-state index in [1.54, 1.807) is 6.33 Å². The Morgan fingerprint density at radius 2 is 2.08 bits per heavy atom. The quantitative estimate of drug-likeness (QED) is 0.662. The average Bonchev–Trinajstić information content (AvgIpc) is 2.63. The third-order valence-corrected chi connectivity index (χ3v) is 4.41. The molecular weight excluding hydrogens is 325 g/mol. The summed E-state index contributed by atoms with van der Waals surface area (Å²) in [6.45, 7) is 3.65. The predicted octanol–water partition coefficient (Wildman–Crippen LogP) is 3.17. The summed E-state index contributed by atoms with van der Waals surface area (Å²) in [5.74, 6) is 0.306. The van der Waals surface area contributed by atoms with Gasteiger partial charge in [-0.15, -0.1) is 0 Å². The predicted molar refractivity (Wildman–Crippen MR) is 93.3 cm³/mol. The minimum absolute atomic E-state index is 0.105. The number of nitrogens with one attached hydrogen (secondary N) is 1. The van der Waals surface area contributed by atoms with Gasteiger partial charge in [0.25, 0.3) is 5.69 Å². The number of anilines is 2. The van der Waals surface area contributed by atoms with Crippen LogP contribution in [0.5, 0.6) is 0 Å². The number of hydrogen-bond donors (Lipinski definition) is 1. The monoisotopic (exact) mass is 345 g/mol. The van der Waals surface area contributed by atoms with Crippen molar-refractivity contribution in [3.8, 4) is 0 Å². The van der Waals surface area contributed by atoms with Crippen LogP contribution >= 0.6 is 0 Å². The molecule has 1 N–H and O–H groups in total. The first-order valence-electron chi connectivity index (χ1n) is 8.33. The van der Waals surface area contributed by atoms with Gasteiger partial charge in [0.1, 0.15) is 23.6 Å². The van der Waals surface area contributed by atoms with Crippen LogP contribution in [-0.4, -0.2) is 34.0 Å². The lowest BCUT2D eigenvalue weighted by atomic mass is 10.0. The third kappa shape index (κ3) is 4.01. The summed E-state index contributed by atoms with van der Waals surface area (Å²) in [5, 5.41) is 14.3. The number of hydrogen-bond acceptors (Lipinski definition) is 6. The minimum Gasteiger partial charge on any atom is -0.377 e. The summed E-state index contributed by atoms with van der Waals surface area (Å²) >= 11 is 0. The van der Waals surface area contributed by atoms with Gasteiger partial charge in [-0.1, -0.05) is 6.92 Å². The number of aryl methyl sites for hydroxylation is 1. The van der Waals surface area contributed by atoms with E-state index in [1.807, 2.05) is 6.07 Å². The normalized spacial score (nSPS) is 15.2. The molecule has 2 heterocycles. The van der Waals surface area contributed by atoms with E-state index in [-0.39, 0.29) is 11.7 Å². The SMILES string of the molecule is CCc1cc(N2CCC(Nc3ccc(F)cc3[N+](=O)[O-])CC2)ncn1. The topological polar surface area (TPSA) is 84.2 Å². The number of nitro groups is 1. The first kappa shape index (κ1) is 17.1. The first-order valence-corrected chi connectivity index (χ1v) is 8.33. The molecule has 1 aromatic carbocycles. The molecule has 2 aromatic rings. The van der Waals surface area contributed by atoms with Crippen LogP contribution in [0.3, 0.4) is 0 Å². The molecular formula is C17H20FN5O2. The smallest absolute Gasteiger partial charge is 0.295 e. The second-order valence-electron chi connectivity index (χ2n) is 6.05. The highest BCUT2D eigenvalue weighted by Gasteiger charge is 2.23. The summed E-state index contributed by atoms with van der Waals surface area (Å²) < 4.78 is 13.2. The molecule has 1 saturated heterocycles. The molecule has 1 aromatic heterocycles. The molecule has 0 spiro atoms. The van der Waals surface area contributed by atoms with Crippen LogP contribution in [0.2, 0.25) is 0 Å². The molecule has 132 valence electrons. The standard InChI is InChI=1S/C17H20FN5O2/c1-2-13-10-17(20-11-19-13)22-7-5-14(6-8-22)21-15-4-3-12(18)9-16(15)23(24)25/h3-4,9-11,14,21H,2,5-8H2,1H3. The Balaban J connectivity index is 1.64. The van der Waals surface area contributed by atoms with Gasteiger partial charge in [0.2, 0.25) is 0 Å². The molecule has 1 aliphatic heterocycles. The highest BCUT2D eigenvalue weighted by atomic mass is 19.1. The summed E-state index contributed by atoms with van der Waals surface area (Å²) in [5.41, 5.74) is 1.14. The molecule has 0 radical (unpaired) electrons. The third-order valence-electron chi connectivity index (χ3n) is 4.41. The van der Waals surface area contributed by atoms with Gasteiger partial charge in [0, 0.05) is 30.9 Å². The molecule has 8 heteroatoms. The maximum absolute atomic E-state index is 13.2. The number of aromatic nitrogens is 2. The number of piperidine rings is 1. The van der Waals surface area contributed by atoms with Crippen molar-refractivity contribution in [1.29, 1.82) is 0 Å². The van der Waals surface area contributed by atoms with Crippen molar-refractivity contribution in [2.24, 2.45) is 0 Å². The van der Waals surface area contributed by atoms with Gasteiger partial charge in [-0.3, -0.25) is 10.1 Å². The van der Waals surface area contributed by atoms with Gasteiger partial charge < -0.3 is 10.2 Å². The number of rotatable bonds is 5. The van der Waals surface area contributed by atoms with Gasteiger partial charge in [-0.2, -0.15) is 0 Å². The molecule has 1 fully saturated rings. The number of halogens is 1. The van der Waals surface area contributed by atoms with Gasteiger partial charge in [0.15, 0.2) is 0 Å². The number of nitrogens with zero attached hydrogens (tertiary/aromatic N) is 4.